The summed E-state index contributed by atoms with van der Waals surface area (Å²) in [6, 6.07) is 23.8. The van der Waals surface area contributed by atoms with Crippen molar-refractivity contribution in [3.8, 4) is 12.1 Å². The quantitative estimate of drug-likeness (QED) is 0.324. The first-order valence-electron chi connectivity index (χ1n) is 9.86. The molecular formula is C26H16Cl2N4O2. The molecule has 8 heteroatoms. The van der Waals surface area contributed by atoms with Crippen molar-refractivity contribution in [1.82, 2.24) is 0 Å². The normalized spacial score (nSPS) is 11.2. The number of amides is 2. The van der Waals surface area contributed by atoms with Crippen LogP contribution in [0.25, 0.3) is 12.2 Å². The topological polar surface area (TPSA) is 106 Å². The molecule has 2 amide bonds. The van der Waals surface area contributed by atoms with Gasteiger partial charge in [-0.3, -0.25) is 9.59 Å². The molecule has 34 heavy (non-hydrogen) atoms. The molecule has 3 rings (SSSR count). The van der Waals surface area contributed by atoms with Gasteiger partial charge >= 0.3 is 0 Å². The van der Waals surface area contributed by atoms with Gasteiger partial charge in [0, 0.05) is 0 Å². The number of benzene rings is 3. The first-order valence-corrected chi connectivity index (χ1v) is 10.6. The molecule has 0 aliphatic carbocycles. The van der Waals surface area contributed by atoms with E-state index in [1.165, 1.54) is 12.2 Å². The highest BCUT2D eigenvalue weighted by atomic mass is 35.5. The highest BCUT2D eigenvalue weighted by Gasteiger charge is 2.13. The van der Waals surface area contributed by atoms with Crippen LogP contribution < -0.4 is 10.6 Å². The maximum Gasteiger partial charge on any atom is 0.266 e. The molecule has 0 bridgehead atoms. The smallest absolute Gasteiger partial charge is 0.266 e. The first kappa shape index (κ1) is 24.3. The van der Waals surface area contributed by atoms with Crippen molar-refractivity contribution in [3.05, 3.63) is 105 Å². The van der Waals surface area contributed by atoms with Crippen molar-refractivity contribution in [3.63, 3.8) is 0 Å². The summed E-state index contributed by atoms with van der Waals surface area (Å²) in [6.07, 6.45) is 2.80. The molecular weight excluding hydrogens is 471 g/mol. The third-order valence-electron chi connectivity index (χ3n) is 4.51. The average molecular weight is 487 g/mol. The predicted octanol–water partition coefficient (Wildman–Crippen LogP) is 6.08. The standard InChI is InChI=1S/C26H16Cl2N4O2/c27-21-8-1-3-10-23(21)31-25(33)19(15-29)13-17-6-5-7-18(12-17)14-20(16-30)26(34)32-24-11-4-2-9-22(24)28/h1-14H,(H,31,33)(H,32,34)/b19-13+,20-14+. The van der Waals surface area contributed by atoms with E-state index in [9.17, 15) is 20.1 Å². The number of halogens is 2. The van der Waals surface area contributed by atoms with Gasteiger partial charge < -0.3 is 10.6 Å². The highest BCUT2D eigenvalue weighted by Crippen LogP contribution is 2.23. The van der Waals surface area contributed by atoms with Crippen LogP contribution in [0.5, 0.6) is 0 Å². The molecule has 0 unspecified atom stereocenters. The SMILES string of the molecule is N#C/C(=C\c1cccc(/C=C(\C#N)C(=O)Nc2ccccc2Cl)c1)C(=O)Nc1ccccc1Cl. The summed E-state index contributed by atoms with van der Waals surface area (Å²) in [5.41, 5.74) is 1.55. The zero-order chi connectivity index (χ0) is 24.5. The highest BCUT2D eigenvalue weighted by molar-refractivity contribution is 6.34. The summed E-state index contributed by atoms with van der Waals surface area (Å²) in [7, 11) is 0. The molecule has 0 aliphatic rings. The minimum Gasteiger partial charge on any atom is -0.320 e. The number of anilines is 2. The van der Waals surface area contributed by atoms with E-state index in [0.717, 1.165) is 0 Å². The maximum absolute atomic E-state index is 12.5. The minimum atomic E-state index is -0.617. The number of hydrogen-bond donors (Lipinski definition) is 2. The number of carbonyl (C=O) groups is 2. The van der Waals surface area contributed by atoms with Gasteiger partial charge in [-0.15, -0.1) is 0 Å². The molecule has 0 aromatic heterocycles. The van der Waals surface area contributed by atoms with E-state index >= 15 is 0 Å². The Morgan fingerprint density at radius 3 is 1.47 bits per heavy atom. The van der Waals surface area contributed by atoms with Crippen LogP contribution in [0, 0.1) is 22.7 Å². The van der Waals surface area contributed by atoms with Crippen LogP contribution >= 0.6 is 23.2 Å². The van der Waals surface area contributed by atoms with Gasteiger partial charge in [0.15, 0.2) is 0 Å². The van der Waals surface area contributed by atoms with Crippen LogP contribution in [0.2, 0.25) is 10.0 Å². The summed E-state index contributed by atoms with van der Waals surface area (Å²) in [5.74, 6) is -1.23. The second-order valence-corrected chi connectivity index (χ2v) is 7.69. The van der Waals surface area contributed by atoms with Crippen LogP contribution in [0.1, 0.15) is 11.1 Å². The lowest BCUT2D eigenvalue weighted by molar-refractivity contribution is -0.113. The Kier molecular flexibility index (Phi) is 8.21. The van der Waals surface area contributed by atoms with E-state index < -0.39 is 11.8 Å². The molecule has 166 valence electrons. The van der Waals surface area contributed by atoms with Crippen LogP contribution in [0.15, 0.2) is 83.9 Å². The monoisotopic (exact) mass is 486 g/mol. The Morgan fingerprint density at radius 1 is 0.676 bits per heavy atom. The second-order valence-electron chi connectivity index (χ2n) is 6.88. The number of nitrogens with one attached hydrogen (secondary N) is 2. The molecule has 0 heterocycles. The third kappa shape index (κ3) is 6.34. The average Bonchev–Trinajstić information content (AvgIpc) is 2.84. The summed E-state index contributed by atoms with van der Waals surface area (Å²) < 4.78 is 0. The molecule has 3 aromatic carbocycles. The van der Waals surface area contributed by atoms with Crippen LogP contribution in [0.3, 0.4) is 0 Å². The van der Waals surface area contributed by atoms with E-state index in [4.69, 9.17) is 23.2 Å². The van der Waals surface area contributed by atoms with Crippen molar-refractivity contribution < 1.29 is 9.59 Å². The Bertz CT molecular complexity index is 1300. The lowest BCUT2D eigenvalue weighted by Gasteiger charge is -2.07. The molecule has 0 aliphatic heterocycles. The fraction of sp³-hybridized carbons (Fsp3) is 0. The summed E-state index contributed by atoms with van der Waals surface area (Å²) >= 11 is 12.1. The molecule has 0 spiro atoms. The molecule has 3 aromatic rings. The largest absolute Gasteiger partial charge is 0.320 e. The zero-order valence-electron chi connectivity index (χ0n) is 17.5. The van der Waals surface area contributed by atoms with Crippen LogP contribution in [-0.4, -0.2) is 11.8 Å². The minimum absolute atomic E-state index is 0.141. The predicted molar refractivity (Wildman–Crippen MR) is 134 cm³/mol. The first-order chi connectivity index (χ1) is 16.4. The maximum atomic E-state index is 12.5. The molecule has 6 nitrogen and oxygen atoms in total. The summed E-state index contributed by atoms with van der Waals surface area (Å²) in [4.78, 5) is 25.0. The number of nitrogens with zero attached hydrogens (tertiary/aromatic N) is 2. The Morgan fingerprint density at radius 2 is 1.09 bits per heavy atom. The van der Waals surface area contributed by atoms with Crippen molar-refractivity contribution in [2.75, 3.05) is 10.6 Å². The van der Waals surface area contributed by atoms with Gasteiger partial charge in [-0.2, -0.15) is 10.5 Å². The van der Waals surface area contributed by atoms with Crippen LogP contribution in [-0.2, 0) is 9.59 Å². The fourth-order valence-corrected chi connectivity index (χ4v) is 3.24. The van der Waals surface area contributed by atoms with Gasteiger partial charge in [-0.1, -0.05) is 65.7 Å². The van der Waals surface area contributed by atoms with Gasteiger partial charge in [-0.25, -0.2) is 0 Å². The fourth-order valence-electron chi connectivity index (χ4n) is 2.87. The van der Waals surface area contributed by atoms with Crippen molar-refractivity contribution in [2.24, 2.45) is 0 Å². The van der Waals surface area contributed by atoms with Gasteiger partial charge in [-0.05, 0) is 53.6 Å². The van der Waals surface area contributed by atoms with Gasteiger partial charge in [0.05, 0.1) is 21.4 Å². The number of rotatable bonds is 6. The van der Waals surface area contributed by atoms with Crippen LogP contribution in [0.4, 0.5) is 11.4 Å². The van der Waals surface area contributed by atoms with E-state index in [2.05, 4.69) is 10.6 Å². The molecule has 0 saturated heterocycles. The zero-order valence-corrected chi connectivity index (χ0v) is 19.1. The van der Waals surface area contributed by atoms with Gasteiger partial charge in [0.25, 0.3) is 11.8 Å². The third-order valence-corrected chi connectivity index (χ3v) is 5.17. The summed E-state index contributed by atoms with van der Waals surface area (Å²) in [5, 5.41) is 24.8. The van der Waals surface area contributed by atoms with Crippen molar-refractivity contribution in [2.45, 2.75) is 0 Å². The number of carbonyl (C=O) groups excluding carboxylic acids is 2. The van der Waals surface area contributed by atoms with Crippen molar-refractivity contribution in [1.29, 1.82) is 10.5 Å². The molecule has 0 radical (unpaired) electrons. The molecule has 2 N–H and O–H groups in total. The number of nitriles is 2. The van der Waals surface area contributed by atoms with Gasteiger partial charge in [0.2, 0.25) is 0 Å². The molecule has 0 saturated carbocycles. The molecule has 0 fully saturated rings. The second kappa shape index (κ2) is 11.5. The molecule has 0 atom stereocenters. The van der Waals surface area contributed by atoms with E-state index in [-0.39, 0.29) is 11.1 Å². The number of para-hydroxylation sites is 2. The van der Waals surface area contributed by atoms with Crippen molar-refractivity contribution >= 4 is 58.5 Å². The summed E-state index contributed by atoms with van der Waals surface area (Å²) in [6.45, 7) is 0. The lowest BCUT2D eigenvalue weighted by atomic mass is 10.1. The van der Waals surface area contributed by atoms with Gasteiger partial charge in [0.1, 0.15) is 23.3 Å². The lowest BCUT2D eigenvalue weighted by Crippen LogP contribution is -2.14. The van der Waals surface area contributed by atoms with E-state index in [0.29, 0.717) is 32.5 Å². The van der Waals surface area contributed by atoms with E-state index in [1.54, 1.807) is 72.8 Å². The van der Waals surface area contributed by atoms with E-state index in [1.807, 2.05) is 12.1 Å². The Balaban J connectivity index is 1.82. The number of hydrogen-bond acceptors (Lipinski definition) is 4. The Hall–Kier alpha value is -4.36. The Labute approximate surface area is 206 Å².